The average molecular weight is 251 g/mol. The third-order valence-corrected chi connectivity index (χ3v) is 2.97. The van der Waals surface area contributed by atoms with E-state index in [0.717, 1.165) is 11.1 Å². The number of ketones is 1. The predicted molar refractivity (Wildman–Crippen MR) is 71.4 cm³/mol. The van der Waals surface area contributed by atoms with Crippen LogP contribution in [0.15, 0.2) is 12.1 Å². The van der Waals surface area contributed by atoms with Crippen LogP contribution in [0.1, 0.15) is 24.1 Å². The number of methoxy groups -OCH3 is 2. The number of benzene rings is 1. The van der Waals surface area contributed by atoms with Crippen molar-refractivity contribution in [3.63, 3.8) is 0 Å². The number of nitrogens with zero attached hydrogens (tertiary/aromatic N) is 1. The number of ether oxygens (including phenoxy) is 2. The van der Waals surface area contributed by atoms with Gasteiger partial charge >= 0.3 is 0 Å². The Morgan fingerprint density at radius 3 is 2.06 bits per heavy atom. The van der Waals surface area contributed by atoms with Gasteiger partial charge in [0.05, 0.1) is 20.3 Å². The Kier molecular flexibility index (Phi) is 4.73. The molecule has 4 nitrogen and oxygen atoms in total. The molecule has 0 spiro atoms. The second kappa shape index (κ2) is 5.87. The molecule has 0 aliphatic carbocycles. The number of hydrogen-bond donors (Lipinski definition) is 0. The molecule has 0 aliphatic heterocycles. The molecular weight excluding hydrogens is 230 g/mol. The van der Waals surface area contributed by atoms with Gasteiger partial charge < -0.3 is 9.47 Å². The molecule has 1 atom stereocenters. The minimum absolute atomic E-state index is 0.107. The summed E-state index contributed by atoms with van der Waals surface area (Å²) in [7, 11) is 6.98. The van der Waals surface area contributed by atoms with Gasteiger partial charge in [-0.05, 0) is 51.2 Å². The van der Waals surface area contributed by atoms with Crippen LogP contribution in [0.25, 0.3) is 0 Å². The van der Waals surface area contributed by atoms with Crippen LogP contribution in [0.5, 0.6) is 11.5 Å². The summed E-state index contributed by atoms with van der Waals surface area (Å²) in [5.74, 6) is 1.43. The summed E-state index contributed by atoms with van der Waals surface area (Å²) in [6.45, 7) is 3.57. The zero-order chi connectivity index (χ0) is 13.9. The van der Waals surface area contributed by atoms with Gasteiger partial charge in [-0.25, -0.2) is 0 Å². The Bertz CT molecular complexity index is 441. The molecule has 1 rings (SSSR count). The van der Waals surface area contributed by atoms with E-state index in [1.54, 1.807) is 21.1 Å². The van der Waals surface area contributed by atoms with Gasteiger partial charge in [0.15, 0.2) is 17.3 Å². The van der Waals surface area contributed by atoms with Crippen LogP contribution in [0.4, 0.5) is 0 Å². The van der Waals surface area contributed by atoms with Crippen molar-refractivity contribution in [2.24, 2.45) is 0 Å². The standard InChI is InChI=1S/C14H21NO3/c1-9-7-12(17-5)13(18-6)8-11(9)14(10(2)16)15(3)4/h7-8,14H,1-6H3. The quantitative estimate of drug-likeness (QED) is 0.804. The molecule has 18 heavy (non-hydrogen) atoms. The van der Waals surface area contributed by atoms with Crippen molar-refractivity contribution in [2.45, 2.75) is 19.9 Å². The summed E-state index contributed by atoms with van der Waals surface area (Å²) < 4.78 is 10.5. The first-order valence-electron chi connectivity index (χ1n) is 5.81. The number of carbonyl (C=O) groups is 1. The zero-order valence-corrected chi connectivity index (χ0v) is 11.9. The van der Waals surface area contributed by atoms with Crippen LogP contribution in [0, 0.1) is 6.92 Å². The normalized spacial score (nSPS) is 12.4. The highest BCUT2D eigenvalue weighted by atomic mass is 16.5. The summed E-state index contributed by atoms with van der Waals surface area (Å²) in [5, 5.41) is 0. The minimum atomic E-state index is -0.259. The molecule has 0 bridgehead atoms. The highest BCUT2D eigenvalue weighted by Gasteiger charge is 2.22. The summed E-state index contributed by atoms with van der Waals surface area (Å²) in [6.07, 6.45) is 0. The van der Waals surface area contributed by atoms with E-state index >= 15 is 0 Å². The molecule has 0 N–H and O–H groups in total. The number of likely N-dealkylation sites (N-methyl/N-ethyl adjacent to an activating group) is 1. The Labute approximate surface area is 108 Å². The van der Waals surface area contributed by atoms with E-state index in [2.05, 4.69) is 0 Å². The fraction of sp³-hybridized carbons (Fsp3) is 0.500. The maximum Gasteiger partial charge on any atom is 0.161 e. The van der Waals surface area contributed by atoms with E-state index in [0.29, 0.717) is 11.5 Å². The second-order valence-corrected chi connectivity index (χ2v) is 4.54. The maximum absolute atomic E-state index is 11.8. The first kappa shape index (κ1) is 14.5. The summed E-state index contributed by atoms with van der Waals surface area (Å²) >= 11 is 0. The SMILES string of the molecule is COc1cc(C)c(C(C(C)=O)N(C)C)cc1OC. The average Bonchev–Trinajstić information content (AvgIpc) is 2.30. The first-order chi connectivity index (χ1) is 8.42. The molecule has 0 saturated heterocycles. The highest BCUT2D eigenvalue weighted by Crippen LogP contribution is 2.34. The highest BCUT2D eigenvalue weighted by molar-refractivity contribution is 5.83. The van der Waals surface area contributed by atoms with Gasteiger partial charge in [-0.2, -0.15) is 0 Å². The van der Waals surface area contributed by atoms with Gasteiger partial charge in [-0.1, -0.05) is 0 Å². The van der Waals surface area contributed by atoms with Crippen molar-refractivity contribution in [1.29, 1.82) is 0 Å². The molecule has 1 aromatic rings. The Morgan fingerprint density at radius 1 is 1.17 bits per heavy atom. The Hall–Kier alpha value is -1.55. The number of carbonyl (C=O) groups excluding carboxylic acids is 1. The molecule has 0 saturated carbocycles. The molecule has 0 aromatic heterocycles. The lowest BCUT2D eigenvalue weighted by atomic mass is 9.97. The van der Waals surface area contributed by atoms with Crippen molar-refractivity contribution in [3.05, 3.63) is 23.3 Å². The molecule has 1 aromatic carbocycles. The zero-order valence-electron chi connectivity index (χ0n) is 11.9. The van der Waals surface area contributed by atoms with E-state index in [9.17, 15) is 4.79 Å². The topological polar surface area (TPSA) is 38.8 Å². The van der Waals surface area contributed by atoms with E-state index in [4.69, 9.17) is 9.47 Å². The number of aryl methyl sites for hydroxylation is 1. The van der Waals surface area contributed by atoms with E-state index < -0.39 is 0 Å². The van der Waals surface area contributed by atoms with Crippen LogP contribution in [-0.2, 0) is 4.79 Å². The molecular formula is C14H21NO3. The van der Waals surface area contributed by atoms with Crippen LogP contribution >= 0.6 is 0 Å². The molecule has 0 fully saturated rings. The van der Waals surface area contributed by atoms with Gasteiger partial charge in [0, 0.05) is 0 Å². The van der Waals surface area contributed by atoms with Crippen LogP contribution < -0.4 is 9.47 Å². The maximum atomic E-state index is 11.8. The van der Waals surface area contributed by atoms with Crippen LogP contribution in [0.3, 0.4) is 0 Å². The van der Waals surface area contributed by atoms with E-state index in [-0.39, 0.29) is 11.8 Å². The minimum Gasteiger partial charge on any atom is -0.493 e. The predicted octanol–water partition coefficient (Wildman–Crippen LogP) is 2.20. The summed E-state index contributed by atoms with van der Waals surface area (Å²) in [5.41, 5.74) is 1.96. The summed E-state index contributed by atoms with van der Waals surface area (Å²) in [4.78, 5) is 13.7. The van der Waals surface area contributed by atoms with E-state index in [1.807, 2.05) is 38.1 Å². The van der Waals surface area contributed by atoms with Crippen molar-refractivity contribution >= 4 is 5.78 Å². The third-order valence-electron chi connectivity index (χ3n) is 2.97. The number of rotatable bonds is 5. The monoisotopic (exact) mass is 251 g/mol. The lowest BCUT2D eigenvalue weighted by Gasteiger charge is -2.24. The number of hydrogen-bond acceptors (Lipinski definition) is 4. The largest absolute Gasteiger partial charge is 0.493 e. The van der Waals surface area contributed by atoms with E-state index in [1.165, 1.54) is 0 Å². The molecule has 4 heteroatoms. The van der Waals surface area contributed by atoms with Crippen molar-refractivity contribution in [3.8, 4) is 11.5 Å². The van der Waals surface area contributed by atoms with Crippen molar-refractivity contribution < 1.29 is 14.3 Å². The molecule has 0 radical (unpaired) electrons. The van der Waals surface area contributed by atoms with Gasteiger partial charge in [0.2, 0.25) is 0 Å². The lowest BCUT2D eigenvalue weighted by molar-refractivity contribution is -0.121. The van der Waals surface area contributed by atoms with Gasteiger partial charge in [0.25, 0.3) is 0 Å². The van der Waals surface area contributed by atoms with Crippen LogP contribution in [0.2, 0.25) is 0 Å². The molecule has 100 valence electrons. The molecule has 0 amide bonds. The Morgan fingerprint density at radius 2 is 1.67 bits per heavy atom. The Balaban J connectivity index is 3.35. The summed E-state index contributed by atoms with van der Waals surface area (Å²) in [6, 6.07) is 3.51. The fourth-order valence-electron chi connectivity index (χ4n) is 2.15. The molecule has 0 aliphatic rings. The van der Waals surface area contributed by atoms with Crippen molar-refractivity contribution in [2.75, 3.05) is 28.3 Å². The fourth-order valence-corrected chi connectivity index (χ4v) is 2.15. The first-order valence-corrected chi connectivity index (χ1v) is 5.81. The van der Waals surface area contributed by atoms with Crippen molar-refractivity contribution in [1.82, 2.24) is 4.90 Å². The van der Waals surface area contributed by atoms with Gasteiger partial charge in [-0.3, -0.25) is 9.69 Å². The lowest BCUT2D eigenvalue weighted by Crippen LogP contribution is -2.26. The van der Waals surface area contributed by atoms with Gasteiger partial charge in [0.1, 0.15) is 0 Å². The molecule has 0 heterocycles. The second-order valence-electron chi connectivity index (χ2n) is 4.54. The smallest absolute Gasteiger partial charge is 0.161 e. The van der Waals surface area contributed by atoms with Gasteiger partial charge in [-0.15, -0.1) is 0 Å². The molecule has 1 unspecified atom stereocenters. The van der Waals surface area contributed by atoms with Crippen LogP contribution in [-0.4, -0.2) is 39.0 Å². The third kappa shape index (κ3) is 2.82. The number of Topliss-reactive ketones (excluding diaryl/α,β-unsaturated/α-hetero) is 1.